The number of fused-ring (bicyclic) bond motifs is 2. The number of hydrogen-bond donors (Lipinski definition) is 6. The van der Waals surface area contributed by atoms with Gasteiger partial charge in [-0.1, -0.05) is 30.3 Å². The number of phenolic OH excluding ortho intramolecular Hbond substituents is 1. The largest absolute Gasteiger partial charge is 0.504 e. The highest BCUT2D eigenvalue weighted by Gasteiger charge is 2.40. The van der Waals surface area contributed by atoms with Crippen molar-refractivity contribution in [3.05, 3.63) is 83.4 Å². The number of aliphatic hydroxyl groups excluding tert-OH is 1. The van der Waals surface area contributed by atoms with Crippen molar-refractivity contribution >= 4 is 35.4 Å². The van der Waals surface area contributed by atoms with Crippen LogP contribution in [-0.4, -0.2) is 113 Å². The van der Waals surface area contributed by atoms with Crippen molar-refractivity contribution in [2.24, 2.45) is 0 Å². The van der Waals surface area contributed by atoms with Gasteiger partial charge in [0.1, 0.15) is 53.9 Å². The second-order valence-electron chi connectivity index (χ2n) is 13.8. The number of aromatic hydroxyl groups is 1. The molecular weight excluding hydrogens is 712 g/mol. The van der Waals surface area contributed by atoms with E-state index >= 15 is 0 Å². The number of carbonyl (C=O) groups is 6. The van der Waals surface area contributed by atoms with Gasteiger partial charge in [0.2, 0.25) is 35.4 Å². The summed E-state index contributed by atoms with van der Waals surface area (Å²) in [6, 6.07) is 9.45. The number of benzene rings is 3. The molecule has 55 heavy (non-hydrogen) atoms. The van der Waals surface area contributed by atoms with Crippen LogP contribution in [0.2, 0.25) is 0 Å². The molecule has 6 amide bonds. The SMILES string of the molecule is COc1ccc(C[C@H]2C(=O)N[C@H](C)C(=O)N(C)[C@@H]3C(=O)N[C@@H](Cc4ccc(O)c(c4)Oc4ccc(cc4)[C@H]3O)C(=O)N[C@@H](C)C(=O)N[C@H](C)C(=O)N2C)cc1. The molecule has 6 rings (SSSR count). The molecule has 0 spiro atoms. The molecule has 3 aliphatic heterocycles. The zero-order valence-electron chi connectivity index (χ0n) is 31.4. The molecule has 0 saturated carbocycles. The zero-order chi connectivity index (χ0) is 40.1. The summed E-state index contributed by atoms with van der Waals surface area (Å²) in [5.41, 5.74) is 1.33. The van der Waals surface area contributed by atoms with E-state index in [1.807, 2.05) is 0 Å². The van der Waals surface area contributed by atoms with Crippen LogP contribution < -0.4 is 30.7 Å². The average Bonchev–Trinajstić information content (AvgIpc) is 3.16. The molecular formula is C39H46N6O10. The topological polar surface area (TPSA) is 216 Å². The van der Waals surface area contributed by atoms with Crippen molar-refractivity contribution < 1.29 is 48.5 Å². The molecule has 0 unspecified atom stereocenters. The van der Waals surface area contributed by atoms with Crippen LogP contribution in [0.4, 0.5) is 0 Å². The lowest BCUT2D eigenvalue weighted by Gasteiger charge is -2.35. The van der Waals surface area contributed by atoms with E-state index in [1.165, 1.54) is 89.3 Å². The van der Waals surface area contributed by atoms with Crippen molar-refractivity contribution in [3.63, 3.8) is 0 Å². The first-order valence-corrected chi connectivity index (χ1v) is 17.7. The third kappa shape index (κ3) is 9.15. The Morgan fingerprint density at radius 1 is 0.727 bits per heavy atom. The number of hydrogen-bond acceptors (Lipinski definition) is 10. The lowest BCUT2D eigenvalue weighted by molar-refractivity contribution is -0.147. The summed E-state index contributed by atoms with van der Waals surface area (Å²) in [4.78, 5) is 85.5. The number of amides is 6. The molecule has 292 valence electrons. The summed E-state index contributed by atoms with van der Waals surface area (Å²) < 4.78 is 11.1. The number of likely N-dealkylation sites (N-methyl/N-ethyl adjacent to an activating group) is 2. The highest BCUT2D eigenvalue weighted by Crippen LogP contribution is 2.33. The van der Waals surface area contributed by atoms with Gasteiger partial charge in [0.15, 0.2) is 11.5 Å². The van der Waals surface area contributed by atoms with Crippen molar-refractivity contribution in [2.45, 2.75) is 76.0 Å². The lowest BCUT2D eigenvalue weighted by Crippen LogP contribution is -2.62. The van der Waals surface area contributed by atoms with E-state index in [4.69, 9.17) is 9.47 Å². The van der Waals surface area contributed by atoms with Crippen LogP contribution in [-0.2, 0) is 41.6 Å². The maximum absolute atomic E-state index is 14.3. The zero-order valence-corrected chi connectivity index (χ0v) is 31.4. The quantitative estimate of drug-likeness (QED) is 0.220. The second-order valence-corrected chi connectivity index (χ2v) is 13.8. The molecule has 3 aromatic carbocycles. The fourth-order valence-corrected chi connectivity index (χ4v) is 6.49. The molecule has 6 bridgehead atoms. The average molecular weight is 759 g/mol. The van der Waals surface area contributed by atoms with Gasteiger partial charge in [0, 0.05) is 26.9 Å². The number of phenols is 1. The minimum absolute atomic E-state index is 0.0231. The van der Waals surface area contributed by atoms with Crippen molar-refractivity contribution in [1.29, 1.82) is 0 Å². The van der Waals surface area contributed by atoms with Crippen LogP contribution in [0.15, 0.2) is 66.7 Å². The highest BCUT2D eigenvalue weighted by atomic mass is 16.5. The van der Waals surface area contributed by atoms with Gasteiger partial charge < -0.3 is 50.8 Å². The van der Waals surface area contributed by atoms with Crippen LogP contribution in [0.3, 0.4) is 0 Å². The molecule has 1 saturated heterocycles. The summed E-state index contributed by atoms with van der Waals surface area (Å²) in [5, 5.41) is 32.7. The second kappa shape index (κ2) is 16.9. The third-order valence-electron chi connectivity index (χ3n) is 9.80. The van der Waals surface area contributed by atoms with Gasteiger partial charge >= 0.3 is 0 Å². The van der Waals surface area contributed by atoms with E-state index in [0.717, 1.165) is 4.90 Å². The molecule has 16 nitrogen and oxygen atoms in total. The van der Waals surface area contributed by atoms with Gasteiger partial charge in [-0.3, -0.25) is 28.8 Å². The normalized spacial score (nSPS) is 25.8. The van der Waals surface area contributed by atoms with E-state index in [0.29, 0.717) is 22.6 Å². The standard InChI is InChI=1S/C39H46N6O10/c1-20-34(48)41-21(2)38(52)44(4)29(18-23-7-12-26(54-6)13-8-23)36(50)42-22(3)39(53)45(5)32-33(47)25-10-14-27(15-11-25)55-31-19-24(9-16-30(31)46)17-28(35(49)40-20)43-37(32)51/h7-16,19-22,28-29,32-33,46-47H,17-18H2,1-6H3,(H,40,49)(H,41,48)(H,42,50)(H,43,51)/t20-,21+,22+,28-,29-,32-,33+/m0/s1. The summed E-state index contributed by atoms with van der Waals surface area (Å²) in [6.07, 6.45) is -1.79. The van der Waals surface area contributed by atoms with E-state index in [9.17, 15) is 39.0 Å². The number of aliphatic hydroxyl groups is 1. The van der Waals surface area contributed by atoms with E-state index in [-0.39, 0.29) is 29.9 Å². The fourth-order valence-electron chi connectivity index (χ4n) is 6.49. The van der Waals surface area contributed by atoms with E-state index in [1.54, 1.807) is 24.3 Å². The van der Waals surface area contributed by atoms with Gasteiger partial charge in [0.05, 0.1) is 7.11 Å². The van der Waals surface area contributed by atoms with Crippen molar-refractivity contribution in [2.75, 3.05) is 21.2 Å². The molecule has 3 aliphatic rings. The number of nitrogens with zero attached hydrogens (tertiary/aromatic N) is 2. The van der Waals surface area contributed by atoms with Gasteiger partial charge in [0.25, 0.3) is 0 Å². The monoisotopic (exact) mass is 758 g/mol. The Bertz CT molecular complexity index is 1940. The fraction of sp³-hybridized carbons (Fsp3) is 0.385. The smallest absolute Gasteiger partial charge is 0.246 e. The third-order valence-corrected chi connectivity index (χ3v) is 9.80. The molecule has 0 aliphatic carbocycles. The van der Waals surface area contributed by atoms with Crippen LogP contribution >= 0.6 is 0 Å². The number of rotatable bonds is 3. The number of ether oxygens (including phenoxy) is 2. The minimum Gasteiger partial charge on any atom is -0.504 e. The lowest BCUT2D eigenvalue weighted by atomic mass is 9.97. The summed E-state index contributed by atoms with van der Waals surface area (Å²) in [5.74, 6) is -3.74. The Morgan fingerprint density at radius 3 is 1.96 bits per heavy atom. The Kier molecular flexibility index (Phi) is 12.3. The molecule has 6 N–H and O–H groups in total. The van der Waals surface area contributed by atoms with Gasteiger partial charge in [-0.2, -0.15) is 0 Å². The Morgan fingerprint density at radius 2 is 1.33 bits per heavy atom. The van der Waals surface area contributed by atoms with Crippen molar-refractivity contribution in [3.8, 4) is 23.0 Å². The van der Waals surface area contributed by atoms with Crippen LogP contribution in [0.5, 0.6) is 23.0 Å². The Balaban J connectivity index is 1.57. The van der Waals surface area contributed by atoms with Crippen LogP contribution in [0.1, 0.15) is 43.6 Å². The first kappa shape index (κ1) is 40.0. The number of methoxy groups -OCH3 is 1. The molecule has 0 radical (unpaired) electrons. The number of nitrogens with one attached hydrogen (secondary N) is 4. The van der Waals surface area contributed by atoms with Gasteiger partial charge in [-0.05, 0) is 73.9 Å². The molecule has 1 fully saturated rings. The maximum atomic E-state index is 14.3. The molecule has 0 aromatic heterocycles. The summed E-state index contributed by atoms with van der Waals surface area (Å²) in [6.45, 7) is 4.24. The molecule has 7 atom stereocenters. The molecule has 16 heteroatoms. The summed E-state index contributed by atoms with van der Waals surface area (Å²) >= 11 is 0. The van der Waals surface area contributed by atoms with Gasteiger partial charge in [-0.25, -0.2) is 0 Å². The number of carbonyl (C=O) groups excluding carboxylic acids is 6. The summed E-state index contributed by atoms with van der Waals surface area (Å²) in [7, 11) is 4.21. The van der Waals surface area contributed by atoms with Crippen LogP contribution in [0.25, 0.3) is 0 Å². The highest BCUT2D eigenvalue weighted by molar-refractivity contribution is 5.98. The van der Waals surface area contributed by atoms with Gasteiger partial charge in [-0.15, -0.1) is 0 Å². The predicted octanol–water partition coefficient (Wildman–Crippen LogP) is 0.692. The molecule has 3 aromatic rings. The first-order chi connectivity index (χ1) is 26.1. The van der Waals surface area contributed by atoms with Crippen LogP contribution in [0, 0.1) is 0 Å². The molecule has 3 heterocycles. The Hall–Kier alpha value is -6.16. The Labute approximate surface area is 318 Å². The van der Waals surface area contributed by atoms with Crippen molar-refractivity contribution in [1.82, 2.24) is 31.1 Å². The van der Waals surface area contributed by atoms with E-state index < -0.39 is 77.8 Å². The predicted molar refractivity (Wildman–Crippen MR) is 198 cm³/mol. The maximum Gasteiger partial charge on any atom is 0.246 e. The van der Waals surface area contributed by atoms with E-state index in [2.05, 4.69) is 21.3 Å². The first-order valence-electron chi connectivity index (χ1n) is 17.7. The minimum atomic E-state index is -1.65.